The number of carbonyl (C=O) groups is 1. The first-order chi connectivity index (χ1) is 15.8. The molecule has 5 saturated carbocycles. The van der Waals surface area contributed by atoms with E-state index in [0.717, 1.165) is 12.8 Å². The van der Waals surface area contributed by atoms with Crippen LogP contribution in [0.5, 0.6) is 0 Å². The van der Waals surface area contributed by atoms with E-state index in [4.69, 9.17) is 4.74 Å². The monoisotopic (exact) mass is 473 g/mol. The molecule has 2 spiro atoms. The van der Waals surface area contributed by atoms with Gasteiger partial charge in [0.15, 0.2) is 0 Å². The van der Waals surface area contributed by atoms with Crippen molar-refractivity contribution in [1.82, 2.24) is 5.32 Å². The fraction of sp³-hybridized carbons (Fsp3) is 0.966. The number of carbonyl (C=O) groups excluding carboxylic acids is 1. The van der Waals surface area contributed by atoms with E-state index in [1.165, 1.54) is 38.5 Å². The van der Waals surface area contributed by atoms with Gasteiger partial charge in [0.25, 0.3) is 0 Å². The second kappa shape index (κ2) is 7.01. The summed E-state index contributed by atoms with van der Waals surface area (Å²) in [6, 6.07) is 0. The van der Waals surface area contributed by atoms with Gasteiger partial charge in [0, 0.05) is 18.9 Å². The standard InChI is InChI=1S/C29H47NO4/c1-16-13-18(14-30-17(2)31)34-23-22(16)26(5)11-12-29-15-28(29)10-9-21(32)25(3,4)19(28)7-8-20(29)27(26,6)24(23)33/h16,18-24,32-33H,7-15H2,1-6H3,(H,30,31)/t16-,18?,19+,20?,21+,22+,23?,24+,26?,27-,28?,29?/m1/s1. The Morgan fingerprint density at radius 1 is 1.00 bits per heavy atom. The number of aliphatic hydroxyl groups excluding tert-OH is 2. The Bertz CT molecular complexity index is 889. The van der Waals surface area contributed by atoms with Crippen molar-refractivity contribution in [2.75, 3.05) is 6.54 Å². The largest absolute Gasteiger partial charge is 0.393 e. The van der Waals surface area contributed by atoms with Crippen molar-refractivity contribution in [2.45, 2.75) is 117 Å². The molecule has 6 fully saturated rings. The SMILES string of the molecule is CC(=O)NCC1C[C@@H](C)[C@H]2C(O1)[C@H](O)[C@@]1(C)C3CC[C@H]4C(C)(C)[C@@H](O)CCC45CC35CCC21C. The summed E-state index contributed by atoms with van der Waals surface area (Å²) in [6.45, 7) is 14.0. The molecule has 1 amide bonds. The molecule has 6 unspecified atom stereocenters. The fourth-order valence-corrected chi connectivity index (χ4v) is 11.8. The van der Waals surface area contributed by atoms with Crippen LogP contribution in [0.2, 0.25) is 0 Å². The highest BCUT2D eigenvalue weighted by Gasteiger charge is 2.84. The predicted octanol–water partition coefficient (Wildman–Crippen LogP) is 4.30. The summed E-state index contributed by atoms with van der Waals surface area (Å²) in [6.07, 6.45) is 8.40. The van der Waals surface area contributed by atoms with Gasteiger partial charge in [-0.2, -0.15) is 0 Å². The molecule has 12 atom stereocenters. The molecule has 0 aromatic carbocycles. The van der Waals surface area contributed by atoms with Crippen molar-refractivity contribution in [1.29, 1.82) is 0 Å². The van der Waals surface area contributed by atoms with Gasteiger partial charge in [-0.3, -0.25) is 4.79 Å². The quantitative estimate of drug-likeness (QED) is 0.559. The molecular weight excluding hydrogens is 426 g/mol. The number of nitrogens with one attached hydrogen (secondary N) is 1. The van der Waals surface area contributed by atoms with Gasteiger partial charge in [0.2, 0.25) is 5.91 Å². The Hall–Kier alpha value is -0.650. The molecule has 5 aliphatic carbocycles. The van der Waals surface area contributed by atoms with Crippen molar-refractivity contribution in [3.05, 3.63) is 0 Å². The van der Waals surface area contributed by atoms with Crippen LogP contribution < -0.4 is 5.32 Å². The lowest BCUT2D eigenvalue weighted by Crippen LogP contribution is -2.59. The van der Waals surface area contributed by atoms with Crippen molar-refractivity contribution in [3.63, 3.8) is 0 Å². The molecule has 1 heterocycles. The van der Waals surface area contributed by atoms with Crippen LogP contribution in [0.4, 0.5) is 0 Å². The van der Waals surface area contributed by atoms with Gasteiger partial charge in [0.1, 0.15) is 0 Å². The second-order valence-electron chi connectivity index (χ2n) is 14.6. The zero-order valence-corrected chi connectivity index (χ0v) is 22.2. The predicted molar refractivity (Wildman–Crippen MR) is 131 cm³/mol. The fourth-order valence-electron chi connectivity index (χ4n) is 11.8. The molecule has 3 N–H and O–H groups in total. The Morgan fingerprint density at radius 3 is 2.38 bits per heavy atom. The van der Waals surface area contributed by atoms with Crippen LogP contribution in [0.1, 0.15) is 92.9 Å². The minimum Gasteiger partial charge on any atom is -0.393 e. The van der Waals surface area contributed by atoms with Crippen LogP contribution in [-0.4, -0.2) is 47.1 Å². The third kappa shape index (κ3) is 2.55. The lowest BCUT2D eigenvalue weighted by atomic mass is 9.41. The zero-order valence-electron chi connectivity index (χ0n) is 22.2. The maximum absolute atomic E-state index is 12.1. The average Bonchev–Trinajstić information content (AvgIpc) is 3.40. The maximum atomic E-state index is 12.1. The van der Waals surface area contributed by atoms with E-state index in [0.29, 0.717) is 41.0 Å². The summed E-state index contributed by atoms with van der Waals surface area (Å²) in [7, 11) is 0. The van der Waals surface area contributed by atoms with Crippen molar-refractivity contribution in [3.8, 4) is 0 Å². The molecule has 1 aliphatic heterocycles. The summed E-state index contributed by atoms with van der Waals surface area (Å²) < 4.78 is 6.65. The Balaban J connectivity index is 1.34. The van der Waals surface area contributed by atoms with Gasteiger partial charge in [0.05, 0.1) is 24.4 Å². The highest BCUT2D eigenvalue weighted by Crippen LogP contribution is 2.89. The average molecular weight is 474 g/mol. The Morgan fingerprint density at radius 2 is 1.68 bits per heavy atom. The van der Waals surface area contributed by atoms with Gasteiger partial charge in [-0.1, -0.05) is 34.6 Å². The normalized spacial score (nSPS) is 59.1. The van der Waals surface area contributed by atoms with Crippen LogP contribution in [0.15, 0.2) is 0 Å². The topological polar surface area (TPSA) is 78.8 Å². The van der Waals surface area contributed by atoms with Crippen molar-refractivity contribution >= 4 is 5.91 Å². The lowest BCUT2D eigenvalue weighted by molar-refractivity contribution is -0.182. The van der Waals surface area contributed by atoms with E-state index in [2.05, 4.69) is 39.9 Å². The van der Waals surface area contributed by atoms with Crippen LogP contribution in [0, 0.1) is 50.7 Å². The third-order valence-corrected chi connectivity index (χ3v) is 13.4. The van der Waals surface area contributed by atoms with Crippen LogP contribution in [-0.2, 0) is 9.53 Å². The summed E-state index contributed by atoms with van der Waals surface area (Å²) in [4.78, 5) is 11.5. The van der Waals surface area contributed by atoms with Crippen molar-refractivity contribution in [2.24, 2.45) is 50.7 Å². The first-order valence-corrected chi connectivity index (χ1v) is 14.1. The van der Waals surface area contributed by atoms with Gasteiger partial charge >= 0.3 is 0 Å². The minimum atomic E-state index is -0.455. The molecular formula is C29H47NO4. The Kier molecular flexibility index (Phi) is 4.89. The van der Waals surface area contributed by atoms with Gasteiger partial charge in [-0.05, 0) is 96.7 Å². The minimum absolute atomic E-state index is 0.00872. The number of amides is 1. The highest BCUT2D eigenvalue weighted by atomic mass is 16.5. The second-order valence-corrected chi connectivity index (χ2v) is 14.6. The van der Waals surface area contributed by atoms with Gasteiger partial charge in [-0.15, -0.1) is 0 Å². The van der Waals surface area contributed by atoms with Crippen molar-refractivity contribution < 1.29 is 19.7 Å². The third-order valence-electron chi connectivity index (χ3n) is 13.4. The molecule has 5 heteroatoms. The first-order valence-electron chi connectivity index (χ1n) is 14.1. The molecule has 6 rings (SSSR count). The van der Waals surface area contributed by atoms with Crippen LogP contribution in [0.3, 0.4) is 0 Å². The van der Waals surface area contributed by atoms with Crippen LogP contribution >= 0.6 is 0 Å². The summed E-state index contributed by atoms with van der Waals surface area (Å²) in [5.41, 5.74) is 0.634. The number of rotatable bonds is 2. The molecule has 0 aromatic heterocycles. The smallest absolute Gasteiger partial charge is 0.216 e. The number of hydrogen-bond acceptors (Lipinski definition) is 4. The zero-order chi connectivity index (χ0) is 24.5. The number of hydrogen-bond donors (Lipinski definition) is 3. The van der Waals surface area contributed by atoms with E-state index in [1.54, 1.807) is 6.92 Å². The molecule has 5 nitrogen and oxygen atoms in total. The summed E-state index contributed by atoms with van der Waals surface area (Å²) in [5, 5.41) is 25.9. The number of fused-ring (bicyclic) bond motifs is 4. The van der Waals surface area contributed by atoms with E-state index < -0.39 is 6.10 Å². The number of aliphatic hydroxyl groups is 2. The molecule has 34 heavy (non-hydrogen) atoms. The lowest BCUT2D eigenvalue weighted by Gasteiger charge is -2.63. The van der Waals surface area contributed by atoms with E-state index in [1.807, 2.05) is 0 Å². The molecule has 0 radical (unpaired) electrons. The van der Waals surface area contributed by atoms with Crippen LogP contribution in [0.25, 0.3) is 0 Å². The Labute approximate surface area is 205 Å². The van der Waals surface area contributed by atoms with Gasteiger partial charge in [-0.25, -0.2) is 0 Å². The molecule has 1 saturated heterocycles. The molecule has 6 aliphatic rings. The highest BCUT2D eigenvalue weighted by molar-refractivity contribution is 5.72. The summed E-state index contributed by atoms with van der Waals surface area (Å²) in [5.74, 6) is 1.96. The van der Waals surface area contributed by atoms with Gasteiger partial charge < -0.3 is 20.3 Å². The van der Waals surface area contributed by atoms with E-state index in [9.17, 15) is 15.0 Å². The molecule has 192 valence electrons. The van der Waals surface area contributed by atoms with E-state index >= 15 is 0 Å². The van der Waals surface area contributed by atoms with E-state index in [-0.39, 0.29) is 40.5 Å². The summed E-state index contributed by atoms with van der Waals surface area (Å²) >= 11 is 0. The number of ether oxygens (including phenoxy) is 1. The maximum Gasteiger partial charge on any atom is 0.216 e. The molecule has 0 aromatic rings. The first kappa shape index (κ1) is 23.7. The molecule has 0 bridgehead atoms.